The van der Waals surface area contributed by atoms with Gasteiger partial charge in [-0.3, -0.25) is 4.79 Å². The Bertz CT molecular complexity index is 894. The summed E-state index contributed by atoms with van der Waals surface area (Å²) in [6.45, 7) is 4.42. The van der Waals surface area contributed by atoms with Gasteiger partial charge in [0.15, 0.2) is 5.13 Å². The van der Waals surface area contributed by atoms with Crippen LogP contribution in [0.3, 0.4) is 0 Å². The number of hydrogen-bond acceptors (Lipinski definition) is 5. The molecule has 1 amide bonds. The number of benzene rings is 1. The normalized spacial score (nSPS) is 12.0. The molecule has 0 aliphatic heterocycles. The molecule has 0 aliphatic carbocycles. The summed E-state index contributed by atoms with van der Waals surface area (Å²) >= 11 is 1.30. The maximum absolute atomic E-state index is 12.5. The molecule has 0 fully saturated rings. The number of amides is 1. The van der Waals surface area contributed by atoms with E-state index in [1.807, 2.05) is 0 Å². The highest BCUT2D eigenvalue weighted by molar-refractivity contribution is 7.89. The molecule has 1 aromatic heterocycles. The van der Waals surface area contributed by atoms with Crippen molar-refractivity contribution >= 4 is 42.6 Å². The van der Waals surface area contributed by atoms with Gasteiger partial charge in [-0.1, -0.05) is 70.1 Å². The number of aromatic nitrogens is 1. The Hall–Kier alpha value is -1.51. The molecule has 8 heteroatoms. The van der Waals surface area contributed by atoms with Crippen LogP contribution in [0.2, 0.25) is 0 Å². The van der Waals surface area contributed by atoms with Crippen molar-refractivity contribution < 1.29 is 13.2 Å². The number of carbonyl (C=O) groups excluding carboxylic acids is 1. The quantitative estimate of drug-likeness (QED) is 0.423. The lowest BCUT2D eigenvalue weighted by Crippen LogP contribution is -2.26. The molecular weight excluding hydrogens is 406 g/mol. The van der Waals surface area contributed by atoms with Crippen molar-refractivity contribution in [2.45, 2.75) is 76.5 Å². The second kappa shape index (κ2) is 11.6. The molecule has 0 atom stereocenters. The fourth-order valence-corrected chi connectivity index (χ4v) is 5.27. The predicted octanol–water partition coefficient (Wildman–Crippen LogP) is 5.41. The molecule has 1 heterocycles. The fourth-order valence-electron chi connectivity index (χ4n) is 3.07. The van der Waals surface area contributed by atoms with Crippen LogP contribution in [0, 0.1) is 0 Å². The topological polar surface area (TPSA) is 79.4 Å². The summed E-state index contributed by atoms with van der Waals surface area (Å²) < 4.78 is 27.0. The van der Waals surface area contributed by atoms with Crippen LogP contribution in [0.15, 0.2) is 23.1 Å². The van der Waals surface area contributed by atoms with E-state index in [-0.39, 0.29) is 10.8 Å². The van der Waals surface area contributed by atoms with Crippen LogP contribution in [0.5, 0.6) is 0 Å². The van der Waals surface area contributed by atoms with Gasteiger partial charge in [0.25, 0.3) is 0 Å². The van der Waals surface area contributed by atoms with Crippen molar-refractivity contribution in [3.05, 3.63) is 18.2 Å². The van der Waals surface area contributed by atoms with E-state index in [1.54, 1.807) is 32.2 Å². The highest BCUT2D eigenvalue weighted by Gasteiger charge is 2.20. The summed E-state index contributed by atoms with van der Waals surface area (Å²) in [5.41, 5.74) is 0.690. The van der Waals surface area contributed by atoms with E-state index in [9.17, 15) is 13.2 Å². The Morgan fingerprint density at radius 3 is 2.38 bits per heavy atom. The minimum absolute atomic E-state index is 0.0337. The summed E-state index contributed by atoms with van der Waals surface area (Å²) in [6.07, 6.45) is 10.1. The molecule has 0 saturated carbocycles. The lowest BCUT2D eigenvalue weighted by atomic mass is 10.1. The average molecular weight is 440 g/mol. The van der Waals surface area contributed by atoms with Gasteiger partial charge in [-0.25, -0.2) is 17.7 Å². The molecule has 162 valence electrons. The molecule has 0 radical (unpaired) electrons. The van der Waals surface area contributed by atoms with Crippen LogP contribution in [0.25, 0.3) is 10.2 Å². The van der Waals surface area contributed by atoms with Gasteiger partial charge in [-0.05, 0) is 24.6 Å². The molecule has 6 nitrogen and oxygen atoms in total. The van der Waals surface area contributed by atoms with Crippen molar-refractivity contribution in [3.8, 4) is 0 Å². The summed E-state index contributed by atoms with van der Waals surface area (Å²) in [5.74, 6) is -0.0337. The van der Waals surface area contributed by atoms with Crippen molar-refractivity contribution in [2.75, 3.05) is 18.9 Å². The highest BCUT2D eigenvalue weighted by atomic mass is 32.2. The molecule has 0 bridgehead atoms. The van der Waals surface area contributed by atoms with Gasteiger partial charge in [-0.15, -0.1) is 0 Å². The van der Waals surface area contributed by atoms with Gasteiger partial charge < -0.3 is 5.32 Å². The third kappa shape index (κ3) is 7.04. The fraction of sp³-hybridized carbons (Fsp3) is 0.619. The molecular formula is C21H33N3O3S2. The average Bonchev–Trinajstić information content (AvgIpc) is 3.10. The lowest BCUT2D eigenvalue weighted by molar-refractivity contribution is -0.116. The Morgan fingerprint density at radius 1 is 1.07 bits per heavy atom. The first kappa shape index (κ1) is 23.8. The summed E-state index contributed by atoms with van der Waals surface area (Å²) in [5, 5.41) is 3.37. The number of carbonyl (C=O) groups is 1. The summed E-state index contributed by atoms with van der Waals surface area (Å²) in [6, 6.07) is 4.88. The number of thiazole rings is 1. The Balaban J connectivity index is 1.85. The Morgan fingerprint density at radius 2 is 1.72 bits per heavy atom. The van der Waals surface area contributed by atoms with E-state index < -0.39 is 10.0 Å². The summed E-state index contributed by atoms with van der Waals surface area (Å²) in [7, 11) is -1.94. The van der Waals surface area contributed by atoms with Gasteiger partial charge in [-0.2, -0.15) is 0 Å². The van der Waals surface area contributed by atoms with Crippen LogP contribution in [0.4, 0.5) is 5.13 Å². The number of anilines is 1. The van der Waals surface area contributed by atoms with Crippen LogP contribution in [-0.4, -0.2) is 37.2 Å². The molecule has 0 spiro atoms. The Labute approximate surface area is 178 Å². The monoisotopic (exact) mass is 439 g/mol. The standard InChI is InChI=1S/C21H33N3O3S2/c1-4-6-7-8-9-10-11-12-13-20(25)23-21-22-18-15-14-17(16-19(18)28-21)29(26,27)24(3)5-2/h14-16H,4-13H2,1-3H3,(H,22,23,25). The van der Waals surface area contributed by atoms with Gasteiger partial charge >= 0.3 is 0 Å². The molecule has 29 heavy (non-hydrogen) atoms. The molecule has 0 unspecified atom stereocenters. The van der Waals surface area contributed by atoms with Crippen LogP contribution in [0.1, 0.15) is 71.6 Å². The minimum Gasteiger partial charge on any atom is -0.302 e. The predicted molar refractivity (Wildman–Crippen MR) is 121 cm³/mol. The molecule has 1 aromatic carbocycles. The van der Waals surface area contributed by atoms with E-state index in [0.29, 0.717) is 23.6 Å². The zero-order valence-corrected chi connectivity index (χ0v) is 19.4. The van der Waals surface area contributed by atoms with Gasteiger partial charge in [0.1, 0.15) is 0 Å². The van der Waals surface area contributed by atoms with Gasteiger partial charge in [0.2, 0.25) is 15.9 Å². The Kier molecular flexibility index (Phi) is 9.52. The first-order chi connectivity index (χ1) is 13.9. The number of sulfonamides is 1. The second-order valence-electron chi connectivity index (χ2n) is 7.34. The first-order valence-corrected chi connectivity index (χ1v) is 12.8. The first-order valence-electron chi connectivity index (χ1n) is 10.5. The molecule has 0 aliphatic rings. The smallest absolute Gasteiger partial charge is 0.242 e. The number of nitrogens with one attached hydrogen (secondary N) is 1. The van der Waals surface area contributed by atoms with Crippen molar-refractivity contribution in [3.63, 3.8) is 0 Å². The second-order valence-corrected chi connectivity index (χ2v) is 10.4. The third-order valence-corrected chi connectivity index (χ3v) is 7.88. The van der Waals surface area contributed by atoms with Crippen molar-refractivity contribution in [1.82, 2.24) is 9.29 Å². The largest absolute Gasteiger partial charge is 0.302 e. The zero-order valence-electron chi connectivity index (χ0n) is 17.7. The number of unbranched alkanes of at least 4 members (excludes halogenated alkanes) is 7. The van der Waals surface area contributed by atoms with Crippen LogP contribution >= 0.6 is 11.3 Å². The van der Waals surface area contributed by atoms with E-state index in [4.69, 9.17) is 0 Å². The minimum atomic E-state index is -3.49. The number of nitrogens with zero attached hydrogens (tertiary/aromatic N) is 2. The lowest BCUT2D eigenvalue weighted by Gasteiger charge is -2.14. The third-order valence-electron chi connectivity index (χ3n) is 5.02. The van der Waals surface area contributed by atoms with Crippen molar-refractivity contribution in [1.29, 1.82) is 0 Å². The molecule has 1 N–H and O–H groups in total. The van der Waals surface area contributed by atoms with E-state index in [0.717, 1.165) is 17.5 Å². The van der Waals surface area contributed by atoms with E-state index in [2.05, 4.69) is 17.2 Å². The zero-order chi connectivity index (χ0) is 21.3. The van der Waals surface area contributed by atoms with E-state index >= 15 is 0 Å². The number of hydrogen-bond donors (Lipinski definition) is 1. The van der Waals surface area contributed by atoms with Crippen LogP contribution in [-0.2, 0) is 14.8 Å². The SMILES string of the molecule is CCCCCCCCCCC(=O)Nc1nc2ccc(S(=O)(=O)N(C)CC)cc2s1. The maximum atomic E-state index is 12.5. The highest BCUT2D eigenvalue weighted by Crippen LogP contribution is 2.29. The molecule has 0 saturated heterocycles. The van der Waals surface area contributed by atoms with Crippen molar-refractivity contribution in [2.24, 2.45) is 0 Å². The number of fused-ring (bicyclic) bond motifs is 1. The van der Waals surface area contributed by atoms with Gasteiger partial charge in [0.05, 0.1) is 15.1 Å². The van der Waals surface area contributed by atoms with Crippen LogP contribution < -0.4 is 5.32 Å². The summed E-state index contributed by atoms with van der Waals surface area (Å²) in [4.78, 5) is 16.8. The molecule has 2 rings (SSSR count). The van der Waals surface area contributed by atoms with Gasteiger partial charge in [0, 0.05) is 20.0 Å². The molecule has 2 aromatic rings. The number of rotatable bonds is 13. The maximum Gasteiger partial charge on any atom is 0.242 e. The van der Waals surface area contributed by atoms with E-state index in [1.165, 1.54) is 54.2 Å².